The van der Waals surface area contributed by atoms with E-state index in [0.29, 0.717) is 5.96 Å². The molecule has 0 fully saturated rings. The van der Waals surface area contributed by atoms with Crippen molar-refractivity contribution in [1.82, 2.24) is 30.1 Å². The van der Waals surface area contributed by atoms with Crippen LogP contribution in [-0.2, 0) is 11.2 Å². The number of aryl methyl sites for hydroxylation is 1. The van der Waals surface area contributed by atoms with Crippen LogP contribution in [0.1, 0.15) is 33.0 Å². The van der Waals surface area contributed by atoms with Gasteiger partial charge in [-0.1, -0.05) is 6.07 Å². The molecular formula is C18H30IN7O. The molecule has 2 rings (SSSR count). The highest BCUT2D eigenvalue weighted by molar-refractivity contribution is 14.0. The molecule has 0 spiro atoms. The molecule has 0 aliphatic rings. The van der Waals surface area contributed by atoms with Crippen molar-refractivity contribution >= 4 is 41.5 Å². The minimum absolute atomic E-state index is 0. The summed E-state index contributed by atoms with van der Waals surface area (Å²) in [5, 5.41) is 14.6. The normalized spacial score (nSPS) is 11.8. The van der Waals surface area contributed by atoms with Crippen LogP contribution >= 0.6 is 24.0 Å². The number of carbonyl (C=O) groups is 1. The fraction of sp³-hybridized carbons (Fsp3) is 0.556. The Kier molecular flexibility index (Phi) is 8.94. The SMILES string of the molecule is CN=C(NCCCc1nnc2ccccn12)N(C)CC(=O)NC(C)(C)C.I. The predicted molar refractivity (Wildman–Crippen MR) is 119 cm³/mol. The summed E-state index contributed by atoms with van der Waals surface area (Å²) < 4.78 is 2.00. The Balaban J connectivity index is 0.00000364. The van der Waals surface area contributed by atoms with Gasteiger partial charge in [0.05, 0.1) is 6.54 Å². The first-order valence-electron chi connectivity index (χ1n) is 8.81. The molecule has 2 aromatic heterocycles. The molecule has 2 aromatic rings. The van der Waals surface area contributed by atoms with Crippen LogP contribution in [0.2, 0.25) is 0 Å². The molecule has 8 nitrogen and oxygen atoms in total. The van der Waals surface area contributed by atoms with Crippen LogP contribution in [-0.4, -0.2) is 64.1 Å². The van der Waals surface area contributed by atoms with Crippen LogP contribution < -0.4 is 10.6 Å². The molecule has 0 saturated carbocycles. The summed E-state index contributed by atoms with van der Waals surface area (Å²) in [6.07, 6.45) is 3.67. The molecule has 0 atom stereocenters. The molecule has 0 radical (unpaired) electrons. The molecule has 0 unspecified atom stereocenters. The number of hydrogen-bond donors (Lipinski definition) is 2. The van der Waals surface area contributed by atoms with Crippen LogP contribution in [0.15, 0.2) is 29.4 Å². The van der Waals surface area contributed by atoms with Gasteiger partial charge >= 0.3 is 0 Å². The number of guanidine groups is 1. The second-order valence-corrected chi connectivity index (χ2v) is 7.28. The zero-order valence-corrected chi connectivity index (χ0v) is 19.0. The van der Waals surface area contributed by atoms with Gasteiger partial charge in [0.25, 0.3) is 0 Å². The van der Waals surface area contributed by atoms with Crippen molar-refractivity contribution in [3.8, 4) is 0 Å². The second kappa shape index (κ2) is 10.4. The Bertz CT molecular complexity index is 766. The first-order valence-corrected chi connectivity index (χ1v) is 8.81. The molecular weight excluding hydrogens is 457 g/mol. The number of fused-ring (bicyclic) bond motifs is 1. The minimum atomic E-state index is -0.240. The fourth-order valence-corrected chi connectivity index (χ4v) is 2.64. The molecule has 2 N–H and O–H groups in total. The standard InChI is InChI=1S/C18H29N7O.HI/c1-18(2,3)21-16(26)13-24(5)17(19-4)20-11-8-10-15-23-22-14-9-6-7-12-25(14)15;/h6-7,9,12H,8,10-11,13H2,1-5H3,(H,19,20)(H,21,26);1H. The maximum absolute atomic E-state index is 12.0. The van der Waals surface area contributed by atoms with E-state index in [1.54, 1.807) is 7.05 Å². The van der Waals surface area contributed by atoms with Gasteiger partial charge in [-0.25, -0.2) is 0 Å². The van der Waals surface area contributed by atoms with Crippen LogP contribution in [0.5, 0.6) is 0 Å². The summed E-state index contributed by atoms with van der Waals surface area (Å²) in [4.78, 5) is 18.1. The highest BCUT2D eigenvalue weighted by atomic mass is 127. The molecule has 0 aliphatic heterocycles. The number of nitrogens with one attached hydrogen (secondary N) is 2. The van der Waals surface area contributed by atoms with Gasteiger partial charge in [-0.2, -0.15) is 0 Å². The van der Waals surface area contributed by atoms with E-state index in [2.05, 4.69) is 25.8 Å². The summed E-state index contributed by atoms with van der Waals surface area (Å²) in [5.41, 5.74) is 0.617. The number of amides is 1. The fourth-order valence-electron chi connectivity index (χ4n) is 2.64. The first kappa shape index (κ1) is 23.1. The lowest BCUT2D eigenvalue weighted by atomic mass is 10.1. The maximum atomic E-state index is 12.0. The van der Waals surface area contributed by atoms with Gasteiger partial charge in [-0.05, 0) is 39.3 Å². The average molecular weight is 487 g/mol. The zero-order chi connectivity index (χ0) is 19.2. The van der Waals surface area contributed by atoms with E-state index >= 15 is 0 Å². The Morgan fingerprint density at radius 1 is 1.30 bits per heavy atom. The number of rotatable bonds is 6. The van der Waals surface area contributed by atoms with Gasteiger partial charge < -0.3 is 15.5 Å². The van der Waals surface area contributed by atoms with E-state index in [1.165, 1.54) is 0 Å². The highest BCUT2D eigenvalue weighted by Gasteiger charge is 2.16. The largest absolute Gasteiger partial charge is 0.356 e. The Morgan fingerprint density at radius 3 is 2.70 bits per heavy atom. The lowest BCUT2D eigenvalue weighted by Crippen LogP contribution is -2.48. The first-order chi connectivity index (χ1) is 12.3. The molecule has 0 aliphatic carbocycles. The smallest absolute Gasteiger partial charge is 0.240 e. The average Bonchev–Trinajstić information content (AvgIpc) is 2.96. The van der Waals surface area contributed by atoms with Gasteiger partial charge in [-0.3, -0.25) is 14.2 Å². The molecule has 9 heteroatoms. The van der Waals surface area contributed by atoms with Gasteiger partial charge in [0.2, 0.25) is 5.91 Å². The third-order valence-electron chi connectivity index (χ3n) is 3.71. The van der Waals surface area contributed by atoms with Gasteiger partial charge in [0.15, 0.2) is 11.6 Å². The van der Waals surface area contributed by atoms with Crippen molar-refractivity contribution < 1.29 is 4.79 Å². The molecule has 0 aromatic carbocycles. The van der Waals surface area contributed by atoms with Crippen LogP contribution in [0.4, 0.5) is 0 Å². The lowest BCUT2D eigenvalue weighted by Gasteiger charge is -2.25. The van der Waals surface area contributed by atoms with Gasteiger partial charge in [0.1, 0.15) is 5.82 Å². The second-order valence-electron chi connectivity index (χ2n) is 7.28. The molecule has 0 saturated heterocycles. The molecule has 2 heterocycles. The number of likely N-dealkylation sites (N-methyl/N-ethyl adjacent to an activating group) is 1. The van der Waals surface area contributed by atoms with Crippen LogP contribution in [0, 0.1) is 0 Å². The summed E-state index contributed by atoms with van der Waals surface area (Å²) >= 11 is 0. The molecule has 1 amide bonds. The monoisotopic (exact) mass is 487 g/mol. The van der Waals surface area contributed by atoms with Gasteiger partial charge in [-0.15, -0.1) is 34.2 Å². The third-order valence-corrected chi connectivity index (χ3v) is 3.71. The number of halogens is 1. The van der Waals surface area contributed by atoms with E-state index in [1.807, 2.05) is 61.5 Å². The third kappa shape index (κ3) is 7.31. The summed E-state index contributed by atoms with van der Waals surface area (Å²) in [5.74, 6) is 1.60. The van der Waals surface area contributed by atoms with Crippen molar-refractivity contribution in [3.05, 3.63) is 30.2 Å². The minimum Gasteiger partial charge on any atom is -0.356 e. The topological polar surface area (TPSA) is 86.9 Å². The quantitative estimate of drug-likeness (QED) is 0.281. The molecule has 0 bridgehead atoms. The molecule has 27 heavy (non-hydrogen) atoms. The van der Waals surface area contributed by atoms with E-state index in [4.69, 9.17) is 0 Å². The van der Waals surface area contributed by atoms with Crippen molar-refractivity contribution in [1.29, 1.82) is 0 Å². The number of aliphatic imine (C=N–C) groups is 1. The number of nitrogens with zero attached hydrogens (tertiary/aromatic N) is 5. The Hall–Kier alpha value is -1.91. The van der Waals surface area contributed by atoms with E-state index in [-0.39, 0.29) is 42.0 Å². The molecule has 150 valence electrons. The Morgan fingerprint density at radius 2 is 2.04 bits per heavy atom. The zero-order valence-electron chi connectivity index (χ0n) is 16.7. The highest BCUT2D eigenvalue weighted by Crippen LogP contribution is 2.04. The maximum Gasteiger partial charge on any atom is 0.240 e. The summed E-state index contributed by atoms with van der Waals surface area (Å²) in [6.45, 7) is 6.88. The lowest BCUT2D eigenvalue weighted by molar-refractivity contribution is -0.122. The van der Waals surface area contributed by atoms with Crippen molar-refractivity contribution in [3.63, 3.8) is 0 Å². The van der Waals surface area contributed by atoms with Crippen LogP contribution in [0.25, 0.3) is 5.65 Å². The number of pyridine rings is 1. The number of aromatic nitrogens is 3. The van der Waals surface area contributed by atoms with E-state index in [0.717, 1.165) is 30.9 Å². The number of hydrogen-bond acceptors (Lipinski definition) is 4. The van der Waals surface area contributed by atoms with Crippen molar-refractivity contribution in [2.75, 3.05) is 27.2 Å². The Labute approximate surface area is 177 Å². The predicted octanol–water partition coefficient (Wildman–Crippen LogP) is 1.70. The van der Waals surface area contributed by atoms with Gasteiger partial charge in [0, 0.05) is 38.8 Å². The number of carbonyl (C=O) groups excluding carboxylic acids is 1. The summed E-state index contributed by atoms with van der Waals surface area (Å²) in [7, 11) is 3.57. The van der Waals surface area contributed by atoms with Crippen molar-refractivity contribution in [2.45, 2.75) is 39.2 Å². The van der Waals surface area contributed by atoms with Crippen molar-refractivity contribution in [2.24, 2.45) is 4.99 Å². The summed E-state index contributed by atoms with van der Waals surface area (Å²) in [6, 6.07) is 5.86. The van der Waals surface area contributed by atoms with E-state index < -0.39 is 0 Å². The van der Waals surface area contributed by atoms with E-state index in [9.17, 15) is 4.79 Å². The van der Waals surface area contributed by atoms with Crippen LogP contribution in [0.3, 0.4) is 0 Å².